The molecule has 1 aromatic carbocycles. The van der Waals surface area contributed by atoms with Crippen LogP contribution in [0.2, 0.25) is 0 Å². The predicted octanol–water partition coefficient (Wildman–Crippen LogP) is 5.27. The van der Waals surface area contributed by atoms with E-state index < -0.39 is 11.7 Å². The SMILES string of the molecule is FC(F)(F)c1cc(Br)ccc1C=CCCBr. The third-order valence-electron chi connectivity index (χ3n) is 1.89. The lowest BCUT2D eigenvalue weighted by Crippen LogP contribution is -2.07. The Balaban J connectivity index is 3.08. The summed E-state index contributed by atoms with van der Waals surface area (Å²) in [6.07, 6.45) is -0.408. The quantitative estimate of drug-likeness (QED) is 0.647. The van der Waals surface area contributed by atoms with Crippen molar-refractivity contribution < 1.29 is 13.2 Å². The van der Waals surface area contributed by atoms with Gasteiger partial charge >= 0.3 is 6.18 Å². The number of halogens is 5. The smallest absolute Gasteiger partial charge is 0.166 e. The maximum Gasteiger partial charge on any atom is 0.417 e. The molecule has 0 bridgehead atoms. The van der Waals surface area contributed by atoms with Gasteiger partial charge in [-0.15, -0.1) is 0 Å². The first kappa shape index (κ1) is 13.8. The Hall–Kier alpha value is -0.290. The molecular weight excluding hydrogens is 349 g/mol. The minimum Gasteiger partial charge on any atom is -0.166 e. The van der Waals surface area contributed by atoms with Crippen LogP contribution in [0.1, 0.15) is 17.5 Å². The number of alkyl halides is 4. The first-order valence-corrected chi connectivity index (χ1v) is 6.46. The summed E-state index contributed by atoms with van der Waals surface area (Å²) in [5, 5.41) is 0.737. The van der Waals surface area contributed by atoms with E-state index in [1.165, 1.54) is 12.1 Å². The molecule has 0 saturated heterocycles. The molecule has 0 aliphatic heterocycles. The molecule has 0 atom stereocenters. The summed E-state index contributed by atoms with van der Waals surface area (Å²) in [5.74, 6) is 0. The lowest BCUT2D eigenvalue weighted by atomic mass is 10.1. The summed E-state index contributed by atoms with van der Waals surface area (Å²) in [6.45, 7) is 0. The van der Waals surface area contributed by atoms with E-state index in [0.717, 1.165) is 11.4 Å². The average molecular weight is 358 g/mol. The Kier molecular flexibility index (Phi) is 5.05. The second-order valence-electron chi connectivity index (χ2n) is 3.11. The van der Waals surface area contributed by atoms with Gasteiger partial charge in [-0.05, 0) is 24.1 Å². The molecule has 1 rings (SSSR count). The number of allylic oxidation sites excluding steroid dienone is 1. The summed E-state index contributed by atoms with van der Waals surface area (Å²) in [6, 6.07) is 4.15. The molecule has 0 aliphatic rings. The maximum atomic E-state index is 12.7. The standard InChI is InChI=1S/C11H9Br2F3/c12-6-2-1-3-8-4-5-9(13)7-10(8)11(14,15)16/h1,3-5,7H,2,6H2. The normalized spacial score (nSPS) is 12.3. The minimum atomic E-state index is -4.32. The molecule has 0 unspecified atom stereocenters. The van der Waals surface area contributed by atoms with Crippen molar-refractivity contribution in [2.24, 2.45) is 0 Å². The second-order valence-corrected chi connectivity index (χ2v) is 4.82. The molecule has 0 radical (unpaired) electrons. The molecule has 0 aliphatic carbocycles. The zero-order valence-electron chi connectivity index (χ0n) is 8.19. The molecule has 0 amide bonds. The molecular formula is C11H9Br2F3. The molecule has 0 nitrogen and oxygen atoms in total. The van der Waals surface area contributed by atoms with Gasteiger partial charge in [0.1, 0.15) is 0 Å². The number of hydrogen-bond acceptors (Lipinski definition) is 0. The highest BCUT2D eigenvalue weighted by molar-refractivity contribution is 9.10. The van der Waals surface area contributed by atoms with E-state index in [1.54, 1.807) is 12.1 Å². The molecule has 0 N–H and O–H groups in total. The minimum absolute atomic E-state index is 0.191. The Bertz CT molecular complexity index is 383. The van der Waals surface area contributed by atoms with Gasteiger partial charge in [-0.2, -0.15) is 13.2 Å². The van der Waals surface area contributed by atoms with Crippen LogP contribution in [0.15, 0.2) is 28.7 Å². The topological polar surface area (TPSA) is 0 Å². The van der Waals surface area contributed by atoms with Crippen LogP contribution in [0.25, 0.3) is 6.08 Å². The van der Waals surface area contributed by atoms with Crippen LogP contribution in [0, 0.1) is 0 Å². The van der Waals surface area contributed by atoms with Crippen LogP contribution in [0.3, 0.4) is 0 Å². The highest BCUT2D eigenvalue weighted by Gasteiger charge is 2.32. The Morgan fingerprint density at radius 2 is 1.94 bits per heavy atom. The van der Waals surface area contributed by atoms with Crippen molar-refractivity contribution in [1.82, 2.24) is 0 Å². The summed E-state index contributed by atoms with van der Waals surface area (Å²) >= 11 is 6.25. The number of benzene rings is 1. The van der Waals surface area contributed by atoms with E-state index in [2.05, 4.69) is 31.9 Å². The number of rotatable bonds is 3. The first-order valence-electron chi connectivity index (χ1n) is 4.54. The van der Waals surface area contributed by atoms with Crippen molar-refractivity contribution in [2.75, 3.05) is 5.33 Å². The Morgan fingerprint density at radius 3 is 2.50 bits per heavy atom. The van der Waals surface area contributed by atoms with Crippen LogP contribution in [0.5, 0.6) is 0 Å². The van der Waals surface area contributed by atoms with Crippen LogP contribution in [-0.2, 0) is 6.18 Å². The fraction of sp³-hybridized carbons (Fsp3) is 0.273. The molecule has 1 aromatic rings. The van der Waals surface area contributed by atoms with Crippen LogP contribution < -0.4 is 0 Å². The van der Waals surface area contributed by atoms with Crippen molar-refractivity contribution in [2.45, 2.75) is 12.6 Å². The highest BCUT2D eigenvalue weighted by Crippen LogP contribution is 2.34. The van der Waals surface area contributed by atoms with Crippen LogP contribution >= 0.6 is 31.9 Å². The van der Waals surface area contributed by atoms with E-state index in [1.807, 2.05) is 0 Å². The van der Waals surface area contributed by atoms with E-state index in [-0.39, 0.29) is 5.56 Å². The van der Waals surface area contributed by atoms with Crippen molar-refractivity contribution in [3.05, 3.63) is 39.9 Å². The van der Waals surface area contributed by atoms with Gasteiger partial charge in [-0.1, -0.05) is 50.1 Å². The summed E-state index contributed by atoms with van der Waals surface area (Å²) in [4.78, 5) is 0. The van der Waals surface area contributed by atoms with Gasteiger partial charge in [0, 0.05) is 9.80 Å². The van der Waals surface area contributed by atoms with E-state index >= 15 is 0 Å². The number of hydrogen-bond donors (Lipinski definition) is 0. The molecule has 0 spiro atoms. The molecule has 5 heteroatoms. The van der Waals surface area contributed by atoms with Gasteiger partial charge in [0.15, 0.2) is 0 Å². The Morgan fingerprint density at radius 1 is 1.25 bits per heavy atom. The molecule has 0 saturated carbocycles. The fourth-order valence-electron chi connectivity index (χ4n) is 1.19. The summed E-state index contributed by atoms with van der Waals surface area (Å²) in [7, 11) is 0. The monoisotopic (exact) mass is 356 g/mol. The van der Waals surface area contributed by atoms with Gasteiger partial charge in [0.2, 0.25) is 0 Å². The Labute approximate surface area is 109 Å². The van der Waals surface area contributed by atoms with E-state index in [9.17, 15) is 13.2 Å². The van der Waals surface area contributed by atoms with Crippen LogP contribution in [-0.4, -0.2) is 5.33 Å². The van der Waals surface area contributed by atoms with Gasteiger partial charge < -0.3 is 0 Å². The third kappa shape index (κ3) is 3.94. The largest absolute Gasteiger partial charge is 0.417 e. The van der Waals surface area contributed by atoms with Crippen molar-refractivity contribution in [3.8, 4) is 0 Å². The van der Waals surface area contributed by atoms with Crippen molar-refractivity contribution in [3.63, 3.8) is 0 Å². The first-order chi connectivity index (χ1) is 7.45. The van der Waals surface area contributed by atoms with Gasteiger partial charge in [-0.3, -0.25) is 0 Å². The maximum absolute atomic E-state index is 12.7. The fourth-order valence-corrected chi connectivity index (χ4v) is 1.82. The summed E-state index contributed by atoms with van der Waals surface area (Å²) in [5.41, 5.74) is -0.427. The van der Waals surface area contributed by atoms with E-state index in [0.29, 0.717) is 10.9 Å². The lowest BCUT2D eigenvalue weighted by molar-refractivity contribution is -0.137. The molecule has 88 valence electrons. The predicted molar refractivity (Wildman–Crippen MR) is 66.6 cm³/mol. The zero-order valence-corrected chi connectivity index (χ0v) is 11.4. The second kappa shape index (κ2) is 5.87. The van der Waals surface area contributed by atoms with Crippen molar-refractivity contribution in [1.29, 1.82) is 0 Å². The van der Waals surface area contributed by atoms with E-state index in [4.69, 9.17) is 0 Å². The van der Waals surface area contributed by atoms with Gasteiger partial charge in [-0.25, -0.2) is 0 Å². The summed E-state index contributed by atoms with van der Waals surface area (Å²) < 4.78 is 38.4. The van der Waals surface area contributed by atoms with Crippen molar-refractivity contribution >= 4 is 37.9 Å². The molecule has 0 fully saturated rings. The third-order valence-corrected chi connectivity index (χ3v) is 2.85. The lowest BCUT2D eigenvalue weighted by Gasteiger charge is -2.10. The average Bonchev–Trinajstić information content (AvgIpc) is 2.19. The van der Waals surface area contributed by atoms with Crippen LogP contribution in [0.4, 0.5) is 13.2 Å². The van der Waals surface area contributed by atoms with Gasteiger partial charge in [0.25, 0.3) is 0 Å². The van der Waals surface area contributed by atoms with Gasteiger partial charge in [0.05, 0.1) is 5.56 Å². The molecule has 0 heterocycles. The highest BCUT2D eigenvalue weighted by atomic mass is 79.9. The zero-order chi connectivity index (χ0) is 12.2. The molecule has 16 heavy (non-hydrogen) atoms. The molecule has 0 aromatic heterocycles.